The molecule has 1 aliphatic heterocycles. The summed E-state index contributed by atoms with van der Waals surface area (Å²) in [5, 5.41) is 3.00. The topological polar surface area (TPSA) is 54.7 Å². The van der Waals surface area contributed by atoms with Crippen LogP contribution in [0.5, 0.6) is 0 Å². The Morgan fingerprint density at radius 2 is 2.04 bits per heavy atom. The van der Waals surface area contributed by atoms with E-state index in [1.165, 1.54) is 0 Å². The van der Waals surface area contributed by atoms with E-state index in [1.807, 2.05) is 19.1 Å². The van der Waals surface area contributed by atoms with E-state index in [1.54, 1.807) is 6.92 Å². The van der Waals surface area contributed by atoms with Crippen molar-refractivity contribution in [2.45, 2.75) is 30.6 Å². The first kappa shape index (κ1) is 17.1. The molecule has 1 aromatic heterocycles. The van der Waals surface area contributed by atoms with E-state index in [9.17, 15) is 4.79 Å². The molecule has 2 fully saturated rings. The number of halogens is 2. The molecule has 1 saturated heterocycles. The van der Waals surface area contributed by atoms with E-state index in [0.717, 1.165) is 24.6 Å². The van der Waals surface area contributed by atoms with Crippen LogP contribution in [-0.4, -0.2) is 48.0 Å². The number of furan rings is 1. The van der Waals surface area contributed by atoms with Gasteiger partial charge in [-0.05, 0) is 32.4 Å². The quantitative estimate of drug-likeness (QED) is 0.820. The number of hydrogen-bond donors (Lipinski definition) is 1. The number of amides is 1. The number of aryl methyl sites for hydroxylation is 1. The molecule has 2 atom stereocenters. The summed E-state index contributed by atoms with van der Waals surface area (Å²) >= 11 is 12.2. The van der Waals surface area contributed by atoms with Gasteiger partial charge in [0.15, 0.2) is 0 Å². The Balaban J connectivity index is 1.68. The lowest BCUT2D eigenvalue weighted by Gasteiger charge is -2.33. The van der Waals surface area contributed by atoms with Crippen molar-refractivity contribution in [3.05, 3.63) is 23.7 Å². The standard InChI is InChI=1S/C16H22Cl2N2O3/c1-11-3-4-13(23-11)12(20-5-7-22-8-6-20)9-19-14(21)15(2)10-16(15,17)18/h3-4,12H,5-10H2,1-2H3,(H,19,21)/t12-,15+/m1/s1. The van der Waals surface area contributed by atoms with Crippen molar-refractivity contribution in [1.82, 2.24) is 10.2 Å². The smallest absolute Gasteiger partial charge is 0.229 e. The zero-order valence-corrected chi connectivity index (χ0v) is 14.9. The van der Waals surface area contributed by atoms with E-state index >= 15 is 0 Å². The van der Waals surface area contributed by atoms with Crippen LogP contribution in [0.4, 0.5) is 0 Å². The molecule has 5 nitrogen and oxygen atoms in total. The summed E-state index contributed by atoms with van der Waals surface area (Å²) in [7, 11) is 0. The van der Waals surface area contributed by atoms with Crippen LogP contribution in [0.15, 0.2) is 16.5 Å². The maximum atomic E-state index is 12.4. The van der Waals surface area contributed by atoms with Crippen molar-refractivity contribution in [3.63, 3.8) is 0 Å². The number of rotatable bonds is 5. The molecule has 2 aliphatic rings. The fourth-order valence-corrected chi connectivity index (χ4v) is 3.67. The third-order valence-corrected chi connectivity index (χ3v) is 5.89. The zero-order chi connectivity index (χ0) is 16.7. The zero-order valence-electron chi connectivity index (χ0n) is 13.4. The lowest BCUT2D eigenvalue weighted by molar-refractivity contribution is -0.126. The highest BCUT2D eigenvalue weighted by atomic mass is 35.5. The maximum Gasteiger partial charge on any atom is 0.229 e. The molecule has 0 unspecified atom stereocenters. The molecule has 0 spiro atoms. The molecule has 2 heterocycles. The largest absolute Gasteiger partial charge is 0.465 e. The Kier molecular flexibility index (Phi) is 4.67. The highest BCUT2D eigenvalue weighted by Crippen LogP contribution is 2.63. The lowest BCUT2D eigenvalue weighted by atomic mass is 10.1. The summed E-state index contributed by atoms with van der Waals surface area (Å²) < 4.78 is 10.2. The average Bonchev–Trinajstić information content (AvgIpc) is 2.83. The molecule has 0 radical (unpaired) electrons. The first-order valence-electron chi connectivity index (χ1n) is 7.88. The van der Waals surface area contributed by atoms with Crippen LogP contribution in [-0.2, 0) is 9.53 Å². The summed E-state index contributed by atoms with van der Waals surface area (Å²) in [6.07, 6.45) is 0.483. The van der Waals surface area contributed by atoms with Crippen LogP contribution < -0.4 is 5.32 Å². The molecular weight excluding hydrogens is 339 g/mol. The molecule has 23 heavy (non-hydrogen) atoms. The van der Waals surface area contributed by atoms with E-state index < -0.39 is 9.75 Å². The van der Waals surface area contributed by atoms with Gasteiger partial charge >= 0.3 is 0 Å². The van der Waals surface area contributed by atoms with Crippen molar-refractivity contribution in [1.29, 1.82) is 0 Å². The van der Waals surface area contributed by atoms with Gasteiger partial charge in [-0.25, -0.2) is 0 Å². The van der Waals surface area contributed by atoms with Crippen molar-refractivity contribution in [2.24, 2.45) is 5.41 Å². The fourth-order valence-electron chi connectivity index (χ4n) is 2.96. The molecule has 1 N–H and O–H groups in total. The van der Waals surface area contributed by atoms with Crippen LogP contribution in [0.2, 0.25) is 0 Å². The Hall–Kier alpha value is -0.750. The highest BCUT2D eigenvalue weighted by molar-refractivity contribution is 6.53. The SMILES string of the molecule is Cc1ccc([C@@H](CNC(=O)[C@]2(C)CC2(Cl)Cl)N2CCOCC2)o1. The van der Waals surface area contributed by atoms with Gasteiger partial charge in [-0.2, -0.15) is 0 Å². The number of ether oxygens (including phenoxy) is 1. The summed E-state index contributed by atoms with van der Waals surface area (Å²) in [5.74, 6) is 1.61. The third kappa shape index (κ3) is 3.38. The number of hydrogen-bond acceptors (Lipinski definition) is 4. The van der Waals surface area contributed by atoms with Crippen LogP contribution in [0.1, 0.15) is 30.9 Å². The molecule has 0 bridgehead atoms. The van der Waals surface area contributed by atoms with Crippen molar-refractivity contribution in [3.8, 4) is 0 Å². The van der Waals surface area contributed by atoms with Crippen LogP contribution >= 0.6 is 23.2 Å². The van der Waals surface area contributed by atoms with Gasteiger partial charge in [0.2, 0.25) is 5.91 Å². The number of morpholine rings is 1. The van der Waals surface area contributed by atoms with Gasteiger partial charge in [-0.3, -0.25) is 9.69 Å². The molecule has 7 heteroatoms. The van der Waals surface area contributed by atoms with Crippen molar-refractivity contribution >= 4 is 29.1 Å². The van der Waals surface area contributed by atoms with Gasteiger partial charge in [0.25, 0.3) is 0 Å². The molecule has 1 saturated carbocycles. The predicted octanol–water partition coefficient (Wildman–Crippen LogP) is 2.66. The van der Waals surface area contributed by atoms with Gasteiger partial charge < -0.3 is 14.5 Å². The Bertz CT molecular complexity index is 584. The average molecular weight is 361 g/mol. The number of alkyl halides is 2. The normalized spacial score (nSPS) is 28.3. The van der Waals surface area contributed by atoms with Crippen molar-refractivity contribution in [2.75, 3.05) is 32.8 Å². The minimum atomic E-state index is -0.952. The van der Waals surface area contributed by atoms with Gasteiger partial charge in [0.05, 0.1) is 24.7 Å². The van der Waals surface area contributed by atoms with Gasteiger partial charge in [-0.15, -0.1) is 23.2 Å². The molecule has 1 aliphatic carbocycles. The van der Waals surface area contributed by atoms with E-state index in [-0.39, 0.29) is 11.9 Å². The number of carbonyl (C=O) groups is 1. The van der Waals surface area contributed by atoms with E-state index in [2.05, 4.69) is 10.2 Å². The van der Waals surface area contributed by atoms with E-state index in [0.29, 0.717) is 26.2 Å². The number of nitrogens with one attached hydrogen (secondary N) is 1. The Morgan fingerprint density at radius 1 is 1.39 bits per heavy atom. The minimum absolute atomic E-state index is 0.0149. The van der Waals surface area contributed by atoms with Crippen LogP contribution in [0.25, 0.3) is 0 Å². The second-order valence-corrected chi connectivity index (χ2v) is 8.02. The first-order valence-corrected chi connectivity index (χ1v) is 8.63. The molecule has 3 rings (SSSR count). The second kappa shape index (κ2) is 6.28. The first-order chi connectivity index (χ1) is 10.8. The third-order valence-electron chi connectivity index (χ3n) is 4.79. The van der Waals surface area contributed by atoms with Crippen LogP contribution in [0.3, 0.4) is 0 Å². The molecule has 128 valence electrons. The molecule has 0 aromatic carbocycles. The lowest BCUT2D eigenvalue weighted by Crippen LogP contribution is -2.45. The number of carbonyl (C=O) groups excluding carboxylic acids is 1. The Labute approximate surface area is 146 Å². The van der Waals surface area contributed by atoms with Gasteiger partial charge in [-0.1, -0.05) is 0 Å². The fraction of sp³-hybridized carbons (Fsp3) is 0.688. The van der Waals surface area contributed by atoms with Crippen LogP contribution in [0, 0.1) is 12.3 Å². The molecule has 1 amide bonds. The van der Waals surface area contributed by atoms with E-state index in [4.69, 9.17) is 32.4 Å². The summed E-state index contributed by atoms with van der Waals surface area (Å²) in [4.78, 5) is 14.7. The van der Waals surface area contributed by atoms with Gasteiger partial charge in [0.1, 0.15) is 15.9 Å². The summed E-state index contributed by atoms with van der Waals surface area (Å²) in [6.45, 7) is 7.18. The van der Waals surface area contributed by atoms with Gasteiger partial charge in [0, 0.05) is 19.6 Å². The summed E-state index contributed by atoms with van der Waals surface area (Å²) in [5.41, 5.74) is -0.704. The second-order valence-electron chi connectivity index (χ2n) is 6.54. The molecular formula is C16H22Cl2N2O3. The number of nitrogens with zero attached hydrogens (tertiary/aromatic N) is 1. The Morgan fingerprint density at radius 3 is 2.57 bits per heavy atom. The maximum absolute atomic E-state index is 12.4. The minimum Gasteiger partial charge on any atom is -0.465 e. The highest BCUT2D eigenvalue weighted by Gasteiger charge is 2.67. The monoisotopic (exact) mass is 360 g/mol. The summed E-state index contributed by atoms with van der Waals surface area (Å²) in [6, 6.07) is 3.89. The van der Waals surface area contributed by atoms with Crippen molar-refractivity contribution < 1.29 is 13.9 Å². The predicted molar refractivity (Wildman–Crippen MR) is 88.7 cm³/mol. The molecule has 1 aromatic rings.